The summed E-state index contributed by atoms with van der Waals surface area (Å²) in [6.45, 7) is 7.08. The van der Waals surface area contributed by atoms with Crippen molar-refractivity contribution in [2.75, 3.05) is 38.2 Å². The summed E-state index contributed by atoms with van der Waals surface area (Å²) in [4.78, 5) is 24.1. The molecule has 0 bridgehead atoms. The first-order chi connectivity index (χ1) is 17.2. The number of rotatable bonds is 8. The van der Waals surface area contributed by atoms with Crippen LogP contribution in [-0.4, -0.2) is 54.7 Å². The fourth-order valence-corrected chi connectivity index (χ4v) is 3.71. The molecule has 1 aliphatic rings. The van der Waals surface area contributed by atoms with Gasteiger partial charge in [-0.1, -0.05) is 24.3 Å². The van der Waals surface area contributed by atoms with E-state index < -0.39 is 0 Å². The lowest BCUT2D eigenvalue weighted by molar-refractivity contribution is 0.0342. The number of benzene rings is 2. The Morgan fingerprint density at radius 2 is 1.77 bits per heavy atom. The Kier molecular flexibility index (Phi) is 8.80. The van der Waals surface area contributed by atoms with Crippen molar-refractivity contribution in [2.24, 2.45) is 4.99 Å². The van der Waals surface area contributed by atoms with Gasteiger partial charge in [0.05, 0.1) is 32.1 Å². The van der Waals surface area contributed by atoms with Crippen molar-refractivity contribution < 1.29 is 14.3 Å². The fourth-order valence-electron chi connectivity index (χ4n) is 3.71. The number of amides is 1. The first-order valence-corrected chi connectivity index (χ1v) is 11.8. The normalized spacial score (nSPS) is 14.4. The second kappa shape index (κ2) is 12.6. The zero-order chi connectivity index (χ0) is 24.3. The minimum absolute atomic E-state index is 0.238. The van der Waals surface area contributed by atoms with E-state index in [0.717, 1.165) is 44.1 Å². The number of para-hydroxylation sites is 2. The van der Waals surface area contributed by atoms with E-state index in [4.69, 9.17) is 9.47 Å². The molecule has 1 saturated heterocycles. The average Bonchev–Trinajstić information content (AvgIpc) is 2.90. The Balaban J connectivity index is 1.47. The molecule has 1 amide bonds. The zero-order valence-electron chi connectivity index (χ0n) is 19.9. The molecule has 0 spiro atoms. The molecule has 2 heterocycles. The molecule has 8 heteroatoms. The van der Waals surface area contributed by atoms with Crippen LogP contribution < -0.4 is 15.4 Å². The number of aromatic nitrogens is 1. The highest BCUT2D eigenvalue weighted by atomic mass is 16.5. The van der Waals surface area contributed by atoms with Gasteiger partial charge >= 0.3 is 0 Å². The monoisotopic (exact) mass is 473 g/mol. The van der Waals surface area contributed by atoms with E-state index in [1.54, 1.807) is 12.4 Å². The van der Waals surface area contributed by atoms with Gasteiger partial charge in [0.15, 0.2) is 0 Å². The topological polar surface area (TPSA) is 88.1 Å². The molecular formula is C27H31N5O3. The minimum atomic E-state index is -0.238. The molecule has 3 aromatic rings. The average molecular weight is 474 g/mol. The second-order valence-electron chi connectivity index (χ2n) is 8.11. The van der Waals surface area contributed by atoms with Crippen LogP contribution in [0.5, 0.6) is 5.75 Å². The van der Waals surface area contributed by atoms with Gasteiger partial charge in [-0.05, 0) is 54.4 Å². The van der Waals surface area contributed by atoms with Crippen LogP contribution in [0, 0.1) is 0 Å². The number of nitrogens with one attached hydrogen (secondary N) is 2. The first-order valence-electron chi connectivity index (χ1n) is 11.8. The summed E-state index contributed by atoms with van der Waals surface area (Å²) >= 11 is 0. The van der Waals surface area contributed by atoms with E-state index in [2.05, 4.69) is 25.5 Å². The number of morpholine rings is 1. The van der Waals surface area contributed by atoms with Gasteiger partial charge in [-0.15, -0.1) is 0 Å². The van der Waals surface area contributed by atoms with Gasteiger partial charge in [0.25, 0.3) is 5.91 Å². The third kappa shape index (κ3) is 7.37. The quantitative estimate of drug-likeness (QED) is 0.383. The van der Waals surface area contributed by atoms with Crippen LogP contribution in [0.3, 0.4) is 0 Å². The van der Waals surface area contributed by atoms with E-state index >= 15 is 0 Å². The van der Waals surface area contributed by atoms with E-state index in [1.807, 2.05) is 67.6 Å². The standard InChI is InChI=1S/C27H31N5O3/c1-2-35-25-6-4-3-5-24(25)30-27(29-19-21-11-13-28-14-12-21)31-26(33)23-9-7-22(8-10-23)20-32-15-17-34-18-16-32/h3-14H,2,15-20H2,1H3,(H2,29,30,31,33). The van der Waals surface area contributed by atoms with Crippen molar-refractivity contribution in [2.45, 2.75) is 20.0 Å². The highest BCUT2D eigenvalue weighted by molar-refractivity contribution is 6.10. The van der Waals surface area contributed by atoms with Gasteiger partial charge in [0.2, 0.25) is 5.96 Å². The largest absolute Gasteiger partial charge is 0.492 e. The predicted octanol–water partition coefficient (Wildman–Crippen LogP) is 3.71. The molecule has 35 heavy (non-hydrogen) atoms. The maximum Gasteiger partial charge on any atom is 0.257 e. The summed E-state index contributed by atoms with van der Waals surface area (Å²) in [5.41, 5.74) is 3.44. The summed E-state index contributed by atoms with van der Waals surface area (Å²) < 4.78 is 11.1. The van der Waals surface area contributed by atoms with E-state index in [9.17, 15) is 4.79 Å². The molecule has 0 saturated carbocycles. The highest BCUT2D eigenvalue weighted by Gasteiger charge is 2.14. The summed E-state index contributed by atoms with van der Waals surface area (Å²) in [6.07, 6.45) is 3.44. The number of guanidine groups is 1. The Hall–Kier alpha value is -3.75. The van der Waals surface area contributed by atoms with Crippen LogP contribution in [-0.2, 0) is 17.8 Å². The van der Waals surface area contributed by atoms with Crippen LogP contribution in [0.25, 0.3) is 0 Å². The molecule has 1 fully saturated rings. The van der Waals surface area contributed by atoms with E-state index in [1.165, 1.54) is 5.56 Å². The molecule has 0 atom stereocenters. The zero-order valence-corrected chi connectivity index (χ0v) is 19.9. The molecule has 182 valence electrons. The number of hydrogen-bond donors (Lipinski definition) is 2. The number of anilines is 1. The number of aliphatic imine (C=N–C) groups is 1. The van der Waals surface area contributed by atoms with Gasteiger partial charge in [-0.3, -0.25) is 20.0 Å². The minimum Gasteiger partial charge on any atom is -0.492 e. The number of nitrogens with zero attached hydrogens (tertiary/aromatic N) is 3. The van der Waals surface area contributed by atoms with Crippen molar-refractivity contribution >= 4 is 17.6 Å². The number of carbonyl (C=O) groups excluding carboxylic acids is 1. The van der Waals surface area contributed by atoms with Gasteiger partial charge in [-0.25, -0.2) is 4.99 Å². The number of pyridine rings is 1. The molecule has 2 N–H and O–H groups in total. The van der Waals surface area contributed by atoms with Crippen molar-refractivity contribution in [1.82, 2.24) is 15.2 Å². The second-order valence-corrected chi connectivity index (χ2v) is 8.11. The molecule has 2 aromatic carbocycles. The SMILES string of the molecule is CCOc1ccccc1NC(=NCc1ccncc1)NC(=O)c1ccc(CN2CCOCC2)cc1. The number of ether oxygens (including phenoxy) is 2. The van der Waals surface area contributed by atoms with Crippen LogP contribution in [0.4, 0.5) is 5.69 Å². The lowest BCUT2D eigenvalue weighted by Crippen LogP contribution is -2.36. The van der Waals surface area contributed by atoms with Crippen molar-refractivity contribution in [3.63, 3.8) is 0 Å². The predicted molar refractivity (Wildman–Crippen MR) is 137 cm³/mol. The third-order valence-electron chi connectivity index (χ3n) is 5.57. The molecular weight excluding hydrogens is 442 g/mol. The van der Waals surface area contributed by atoms with Crippen molar-refractivity contribution in [3.8, 4) is 5.75 Å². The third-order valence-corrected chi connectivity index (χ3v) is 5.57. The van der Waals surface area contributed by atoms with E-state index in [-0.39, 0.29) is 5.91 Å². The van der Waals surface area contributed by atoms with Crippen LogP contribution >= 0.6 is 0 Å². The molecule has 0 aliphatic carbocycles. The van der Waals surface area contributed by atoms with Gasteiger partial charge in [0.1, 0.15) is 5.75 Å². The molecule has 4 rings (SSSR count). The molecule has 8 nitrogen and oxygen atoms in total. The van der Waals surface area contributed by atoms with Crippen LogP contribution in [0.15, 0.2) is 78.0 Å². The molecule has 1 aromatic heterocycles. The Bertz CT molecular complexity index is 1110. The van der Waals surface area contributed by atoms with Gasteiger partial charge in [-0.2, -0.15) is 0 Å². The van der Waals surface area contributed by atoms with E-state index in [0.29, 0.717) is 30.4 Å². The summed E-state index contributed by atoms with van der Waals surface area (Å²) in [5.74, 6) is 0.794. The highest BCUT2D eigenvalue weighted by Crippen LogP contribution is 2.23. The van der Waals surface area contributed by atoms with Crippen molar-refractivity contribution in [1.29, 1.82) is 0 Å². The lowest BCUT2D eigenvalue weighted by Gasteiger charge is -2.26. The summed E-state index contributed by atoms with van der Waals surface area (Å²) in [7, 11) is 0. The fraction of sp³-hybridized carbons (Fsp3) is 0.296. The number of hydrogen-bond acceptors (Lipinski definition) is 6. The first kappa shape index (κ1) is 24.4. The Labute approximate surface area is 206 Å². The smallest absolute Gasteiger partial charge is 0.257 e. The van der Waals surface area contributed by atoms with Gasteiger partial charge in [0, 0.05) is 37.6 Å². The van der Waals surface area contributed by atoms with Gasteiger partial charge < -0.3 is 14.8 Å². The summed E-state index contributed by atoms with van der Waals surface area (Å²) in [6, 6.07) is 19.0. The molecule has 0 radical (unpaired) electrons. The summed E-state index contributed by atoms with van der Waals surface area (Å²) in [5, 5.41) is 6.15. The molecule has 1 aliphatic heterocycles. The van der Waals surface area contributed by atoms with Crippen LogP contribution in [0.1, 0.15) is 28.4 Å². The maximum absolute atomic E-state index is 13.1. The molecule has 0 unspecified atom stereocenters. The maximum atomic E-state index is 13.1. The van der Waals surface area contributed by atoms with Crippen molar-refractivity contribution in [3.05, 3.63) is 89.7 Å². The lowest BCUT2D eigenvalue weighted by atomic mass is 10.1. The number of carbonyl (C=O) groups is 1. The van der Waals surface area contributed by atoms with Crippen LogP contribution in [0.2, 0.25) is 0 Å². The Morgan fingerprint density at radius 3 is 2.51 bits per heavy atom. The Morgan fingerprint density at radius 1 is 1.03 bits per heavy atom.